The Hall–Kier alpha value is -7.70. The fourth-order valence-corrected chi connectivity index (χ4v) is 5.40. The molecule has 0 aliphatic carbocycles. The third-order valence-electron chi connectivity index (χ3n) is 8.04. The van der Waals surface area contributed by atoms with Gasteiger partial charge < -0.3 is 29.6 Å². The van der Waals surface area contributed by atoms with Crippen LogP contribution in [0.15, 0.2) is 84.9 Å². The van der Waals surface area contributed by atoms with Gasteiger partial charge >= 0.3 is 11.9 Å². The number of anilines is 2. The van der Waals surface area contributed by atoms with Gasteiger partial charge in [0.05, 0.1) is 52.9 Å². The van der Waals surface area contributed by atoms with E-state index in [1.54, 1.807) is 30.3 Å². The third kappa shape index (κ3) is 8.85. The molecule has 1 atom stereocenters. The van der Waals surface area contributed by atoms with Crippen LogP contribution in [0.2, 0.25) is 0 Å². The molecule has 0 bridgehead atoms. The first-order valence-electron chi connectivity index (χ1n) is 16.0. The number of hydrogen-bond donors (Lipinski definition) is 2. The Kier molecular flexibility index (Phi) is 11.7. The molecule has 4 amide bonds. The van der Waals surface area contributed by atoms with Crippen LogP contribution in [-0.4, -0.2) is 83.8 Å². The summed E-state index contributed by atoms with van der Waals surface area (Å²) < 4.78 is 20.2. The minimum atomic E-state index is -1.60. The number of imide groups is 1. The quantitative estimate of drug-likeness (QED) is 0.0760. The molecule has 0 aromatic heterocycles. The zero-order valence-corrected chi connectivity index (χ0v) is 28.8. The summed E-state index contributed by atoms with van der Waals surface area (Å²) in [6, 6.07) is 17.4. The molecule has 55 heavy (non-hydrogen) atoms. The highest BCUT2D eigenvalue weighted by atomic mass is 16.6. The van der Waals surface area contributed by atoms with Crippen molar-refractivity contribution >= 4 is 58.3 Å². The molecule has 1 aliphatic rings. The van der Waals surface area contributed by atoms with Crippen molar-refractivity contribution in [2.24, 2.45) is 0 Å². The first kappa shape index (κ1) is 38.5. The normalized spacial score (nSPS) is 12.2. The number of ether oxygens (including phenoxy) is 4. The third-order valence-corrected chi connectivity index (χ3v) is 8.04. The SMILES string of the molecule is COc1ccc(NC(=O)COC(=O)c2ccc3c(c2)C(=O)N(C(Cc2ccccc2)C(=O)OCC(=O)Nc2ccc(OC)cc2[N+](=O)[O-])C3=O)c([N+](=O)[O-])c1. The Bertz CT molecular complexity index is 2230. The average Bonchev–Trinajstić information content (AvgIpc) is 3.43. The second-order valence-corrected chi connectivity index (χ2v) is 11.5. The number of fused-ring (bicyclic) bond motifs is 1. The number of carbonyl (C=O) groups excluding carboxylic acids is 6. The number of rotatable bonds is 15. The fourth-order valence-electron chi connectivity index (χ4n) is 5.40. The van der Waals surface area contributed by atoms with Crippen LogP contribution in [-0.2, 0) is 30.3 Å². The molecule has 1 aliphatic heterocycles. The molecule has 0 spiro atoms. The summed E-state index contributed by atoms with van der Waals surface area (Å²) in [6.07, 6.45) is -0.229. The van der Waals surface area contributed by atoms with Crippen molar-refractivity contribution in [1.82, 2.24) is 4.90 Å². The highest BCUT2D eigenvalue weighted by Gasteiger charge is 2.44. The van der Waals surface area contributed by atoms with Gasteiger partial charge in [-0.25, -0.2) is 9.59 Å². The molecule has 1 heterocycles. The molecular formula is C36H29N5O14. The average molecular weight is 756 g/mol. The Balaban J connectivity index is 1.28. The highest BCUT2D eigenvalue weighted by molar-refractivity contribution is 6.23. The molecule has 0 fully saturated rings. The predicted molar refractivity (Wildman–Crippen MR) is 189 cm³/mol. The second-order valence-electron chi connectivity index (χ2n) is 11.5. The van der Waals surface area contributed by atoms with Crippen molar-refractivity contribution < 1.29 is 57.6 Å². The van der Waals surface area contributed by atoms with E-state index < -0.39 is 76.0 Å². The molecule has 0 radical (unpaired) electrons. The van der Waals surface area contributed by atoms with Gasteiger partial charge in [0.25, 0.3) is 35.0 Å². The zero-order valence-electron chi connectivity index (χ0n) is 28.8. The van der Waals surface area contributed by atoms with E-state index in [2.05, 4.69) is 10.6 Å². The maximum Gasteiger partial charge on any atom is 0.338 e. The molecule has 1 unspecified atom stereocenters. The van der Waals surface area contributed by atoms with Gasteiger partial charge in [0.2, 0.25) is 0 Å². The van der Waals surface area contributed by atoms with Gasteiger partial charge in [-0.05, 0) is 48.0 Å². The molecule has 4 aromatic carbocycles. The van der Waals surface area contributed by atoms with Crippen LogP contribution in [0.4, 0.5) is 22.7 Å². The van der Waals surface area contributed by atoms with E-state index in [-0.39, 0.29) is 46.0 Å². The van der Waals surface area contributed by atoms with Gasteiger partial charge in [-0.2, -0.15) is 0 Å². The van der Waals surface area contributed by atoms with Crippen molar-refractivity contribution in [3.63, 3.8) is 0 Å². The van der Waals surface area contributed by atoms with E-state index in [0.29, 0.717) is 10.5 Å². The molecule has 19 heteroatoms. The van der Waals surface area contributed by atoms with Gasteiger partial charge in [0.1, 0.15) is 28.9 Å². The van der Waals surface area contributed by atoms with E-state index in [4.69, 9.17) is 18.9 Å². The number of nitro benzene ring substituents is 2. The smallest absolute Gasteiger partial charge is 0.338 e. The van der Waals surface area contributed by atoms with Crippen LogP contribution >= 0.6 is 0 Å². The van der Waals surface area contributed by atoms with Crippen LogP contribution in [0.3, 0.4) is 0 Å². The van der Waals surface area contributed by atoms with Crippen LogP contribution in [0.1, 0.15) is 36.6 Å². The first-order valence-corrected chi connectivity index (χ1v) is 16.0. The molecule has 282 valence electrons. The van der Waals surface area contributed by atoms with E-state index in [1.165, 1.54) is 38.5 Å². The van der Waals surface area contributed by atoms with Crippen molar-refractivity contribution in [1.29, 1.82) is 0 Å². The second kappa shape index (κ2) is 16.8. The van der Waals surface area contributed by atoms with Crippen molar-refractivity contribution in [3.8, 4) is 11.5 Å². The first-order chi connectivity index (χ1) is 26.3. The number of esters is 2. The topological polar surface area (TPSA) is 253 Å². The minimum Gasteiger partial charge on any atom is -0.496 e. The number of hydrogen-bond acceptors (Lipinski definition) is 14. The van der Waals surface area contributed by atoms with E-state index >= 15 is 0 Å². The van der Waals surface area contributed by atoms with Gasteiger partial charge in [-0.1, -0.05) is 30.3 Å². The Morgan fingerprint density at radius 3 is 1.75 bits per heavy atom. The Labute approximate surface area is 310 Å². The molecule has 19 nitrogen and oxygen atoms in total. The summed E-state index contributed by atoms with van der Waals surface area (Å²) in [4.78, 5) is 101. The largest absolute Gasteiger partial charge is 0.496 e. The fraction of sp³-hybridized carbons (Fsp3) is 0.167. The number of nitrogens with one attached hydrogen (secondary N) is 2. The van der Waals surface area contributed by atoms with Gasteiger partial charge in [-0.15, -0.1) is 0 Å². The Morgan fingerprint density at radius 1 is 0.691 bits per heavy atom. The molecule has 0 saturated carbocycles. The maximum atomic E-state index is 13.7. The Morgan fingerprint density at radius 2 is 1.22 bits per heavy atom. The number of methoxy groups -OCH3 is 2. The van der Waals surface area contributed by atoms with Crippen LogP contribution in [0, 0.1) is 20.2 Å². The summed E-state index contributed by atoms with van der Waals surface area (Å²) in [7, 11) is 2.61. The summed E-state index contributed by atoms with van der Waals surface area (Å²) in [5.41, 5.74) is -1.50. The van der Waals surface area contributed by atoms with Crippen molar-refractivity contribution in [2.75, 3.05) is 38.1 Å². The molecular weight excluding hydrogens is 726 g/mol. The highest BCUT2D eigenvalue weighted by Crippen LogP contribution is 2.31. The molecule has 0 saturated heterocycles. The lowest BCUT2D eigenvalue weighted by Gasteiger charge is -2.24. The summed E-state index contributed by atoms with van der Waals surface area (Å²) in [5.74, 6) is -5.66. The number of carbonyl (C=O) groups is 6. The summed E-state index contributed by atoms with van der Waals surface area (Å²) >= 11 is 0. The van der Waals surface area contributed by atoms with Gasteiger partial charge in [0, 0.05) is 6.42 Å². The van der Waals surface area contributed by atoms with Crippen molar-refractivity contribution in [3.05, 3.63) is 127 Å². The standard InChI is InChI=1S/C36H29N5O14/c1-52-22-9-12-26(28(16-22)40(48)49)37-31(42)18-54-35(46)21-8-11-24-25(15-21)34(45)39(33(24)44)30(14-20-6-4-3-5-7-20)36(47)55-19-32(43)38-27-13-10-23(53-2)17-29(27)41(50)51/h3-13,15-17,30H,14,18-19H2,1-2H3,(H,37,42)(H,38,43). The lowest BCUT2D eigenvalue weighted by atomic mass is 10.0. The summed E-state index contributed by atoms with van der Waals surface area (Å²) in [5, 5.41) is 27.5. The molecule has 5 rings (SSSR count). The van der Waals surface area contributed by atoms with Crippen LogP contribution < -0.4 is 20.1 Å². The van der Waals surface area contributed by atoms with E-state index in [0.717, 1.165) is 30.3 Å². The van der Waals surface area contributed by atoms with Crippen LogP contribution in [0.25, 0.3) is 0 Å². The molecule has 4 aromatic rings. The van der Waals surface area contributed by atoms with Gasteiger partial charge in [-0.3, -0.25) is 44.3 Å². The monoisotopic (exact) mass is 755 g/mol. The minimum absolute atomic E-state index is 0.160. The summed E-state index contributed by atoms with van der Waals surface area (Å²) in [6.45, 7) is -1.81. The van der Waals surface area contributed by atoms with Gasteiger partial charge in [0.15, 0.2) is 13.2 Å². The zero-order chi connectivity index (χ0) is 39.8. The van der Waals surface area contributed by atoms with E-state index in [1.807, 2.05) is 0 Å². The molecule has 2 N–H and O–H groups in total. The predicted octanol–water partition coefficient (Wildman–Crippen LogP) is 3.70. The number of benzene rings is 4. The lowest BCUT2D eigenvalue weighted by Crippen LogP contribution is -2.47. The van der Waals surface area contributed by atoms with E-state index in [9.17, 15) is 49.0 Å². The number of amides is 4. The lowest BCUT2D eigenvalue weighted by molar-refractivity contribution is -0.384. The number of nitro groups is 2. The van der Waals surface area contributed by atoms with Crippen LogP contribution in [0.5, 0.6) is 11.5 Å². The van der Waals surface area contributed by atoms with Crippen molar-refractivity contribution in [2.45, 2.75) is 12.5 Å². The maximum absolute atomic E-state index is 13.7. The number of nitrogens with zero attached hydrogens (tertiary/aromatic N) is 3.